The van der Waals surface area contributed by atoms with Crippen LogP contribution in [0.5, 0.6) is 0 Å². The summed E-state index contributed by atoms with van der Waals surface area (Å²) in [4.78, 5) is 38.5. The van der Waals surface area contributed by atoms with Gasteiger partial charge in [-0.15, -0.1) is 0 Å². The summed E-state index contributed by atoms with van der Waals surface area (Å²) in [5.41, 5.74) is 5.90. The number of aliphatic carboxylic acids is 1. The molecule has 0 spiro atoms. The molecule has 0 fully saturated rings. The first-order valence-electron chi connectivity index (χ1n) is 11.3. The Bertz CT molecular complexity index is 1230. The van der Waals surface area contributed by atoms with Crippen LogP contribution >= 0.6 is 0 Å². The second-order valence-electron chi connectivity index (χ2n) is 8.51. The number of hydrogen-bond acceptors (Lipinski definition) is 4. The van der Waals surface area contributed by atoms with E-state index in [4.69, 9.17) is 4.74 Å². The molecule has 0 unspecified atom stereocenters. The van der Waals surface area contributed by atoms with Gasteiger partial charge in [-0.2, -0.15) is 0 Å². The fourth-order valence-electron chi connectivity index (χ4n) is 4.93. The van der Waals surface area contributed by atoms with Crippen LogP contribution in [0.2, 0.25) is 0 Å². The Hall–Kier alpha value is -4.13. The van der Waals surface area contributed by atoms with Crippen molar-refractivity contribution in [1.29, 1.82) is 0 Å². The number of carbonyl (C=O) groups is 3. The van der Waals surface area contributed by atoms with Crippen LogP contribution in [0.25, 0.3) is 11.1 Å². The number of para-hydroxylation sites is 1. The lowest BCUT2D eigenvalue weighted by Crippen LogP contribution is -2.49. The van der Waals surface area contributed by atoms with E-state index in [0.29, 0.717) is 18.5 Å². The van der Waals surface area contributed by atoms with Gasteiger partial charge >= 0.3 is 12.1 Å². The Labute approximate surface area is 197 Å². The molecule has 0 saturated carbocycles. The zero-order chi connectivity index (χ0) is 23.7. The number of fused-ring (bicyclic) bond motifs is 4. The van der Waals surface area contributed by atoms with Crippen LogP contribution in [0, 0.1) is 0 Å². The van der Waals surface area contributed by atoms with Gasteiger partial charge in [0.15, 0.2) is 0 Å². The highest BCUT2D eigenvalue weighted by Crippen LogP contribution is 2.44. The number of carboxylic acids is 1. The lowest BCUT2D eigenvalue weighted by atomic mass is 9.98. The third-order valence-corrected chi connectivity index (χ3v) is 6.48. The molecule has 0 bridgehead atoms. The standard InChI is InChI=1S/C27H24N2O5/c30-25(31)15-29-24-12-6-1-7-17(24)13-14-23(26(29)32)28-27(33)34-16-22-20-10-4-2-8-18(20)19-9-3-5-11-21(19)22/h1-12,22-23H,13-16H2,(H,28,33)(H,30,31)/t23-/m1/s1. The molecule has 3 aromatic carbocycles. The first-order valence-corrected chi connectivity index (χ1v) is 11.3. The maximum absolute atomic E-state index is 13.2. The van der Waals surface area contributed by atoms with Crippen molar-refractivity contribution in [3.05, 3.63) is 89.5 Å². The highest BCUT2D eigenvalue weighted by atomic mass is 16.5. The van der Waals surface area contributed by atoms with Gasteiger partial charge in [0.2, 0.25) is 5.91 Å². The van der Waals surface area contributed by atoms with Crippen molar-refractivity contribution >= 4 is 23.7 Å². The third-order valence-electron chi connectivity index (χ3n) is 6.48. The van der Waals surface area contributed by atoms with E-state index in [1.54, 1.807) is 12.1 Å². The predicted octanol–water partition coefficient (Wildman–Crippen LogP) is 3.96. The molecule has 5 rings (SSSR count). The molecule has 1 atom stereocenters. The minimum Gasteiger partial charge on any atom is -0.480 e. The average Bonchev–Trinajstić information content (AvgIpc) is 3.10. The van der Waals surface area contributed by atoms with E-state index in [1.165, 1.54) is 4.90 Å². The summed E-state index contributed by atoms with van der Waals surface area (Å²) in [6, 6.07) is 22.5. The van der Waals surface area contributed by atoms with Gasteiger partial charge in [0.05, 0.1) is 0 Å². The van der Waals surface area contributed by atoms with E-state index in [-0.39, 0.29) is 12.5 Å². The van der Waals surface area contributed by atoms with Gasteiger partial charge in [-0.3, -0.25) is 14.5 Å². The SMILES string of the molecule is O=C(O)CN1C(=O)[C@H](NC(=O)OCC2c3ccccc3-c3ccccc32)CCc2ccccc21. The number of nitrogens with one attached hydrogen (secondary N) is 1. The van der Waals surface area contributed by atoms with E-state index in [0.717, 1.165) is 27.8 Å². The first kappa shape index (κ1) is 21.7. The topological polar surface area (TPSA) is 95.9 Å². The Morgan fingerprint density at radius 3 is 2.24 bits per heavy atom. The maximum atomic E-state index is 13.2. The minimum absolute atomic E-state index is 0.0873. The van der Waals surface area contributed by atoms with Gasteiger partial charge in [0.25, 0.3) is 0 Å². The average molecular weight is 456 g/mol. The molecule has 2 N–H and O–H groups in total. The van der Waals surface area contributed by atoms with Crippen molar-refractivity contribution in [2.24, 2.45) is 0 Å². The van der Waals surface area contributed by atoms with Crippen molar-refractivity contribution in [2.75, 3.05) is 18.1 Å². The van der Waals surface area contributed by atoms with Gasteiger partial charge in [0.1, 0.15) is 19.2 Å². The van der Waals surface area contributed by atoms with Crippen molar-refractivity contribution in [3.8, 4) is 11.1 Å². The number of aryl methyl sites for hydroxylation is 1. The van der Waals surface area contributed by atoms with Crippen molar-refractivity contribution in [2.45, 2.75) is 24.8 Å². The van der Waals surface area contributed by atoms with E-state index >= 15 is 0 Å². The third kappa shape index (κ3) is 4.01. The van der Waals surface area contributed by atoms with E-state index in [1.807, 2.05) is 48.5 Å². The summed E-state index contributed by atoms with van der Waals surface area (Å²) in [6.45, 7) is -0.335. The Morgan fingerprint density at radius 2 is 1.56 bits per heavy atom. The second kappa shape index (κ2) is 9.02. The number of anilines is 1. The van der Waals surface area contributed by atoms with Crippen LogP contribution in [0.15, 0.2) is 72.8 Å². The number of amides is 2. The number of hydrogen-bond donors (Lipinski definition) is 2. The molecule has 0 saturated heterocycles. The molecular formula is C27H24N2O5. The minimum atomic E-state index is -1.12. The second-order valence-corrected chi connectivity index (χ2v) is 8.51. The molecule has 3 aromatic rings. The van der Waals surface area contributed by atoms with Crippen LogP contribution in [0.1, 0.15) is 29.0 Å². The molecule has 2 amide bonds. The van der Waals surface area contributed by atoms with Crippen molar-refractivity contribution in [1.82, 2.24) is 5.32 Å². The smallest absolute Gasteiger partial charge is 0.407 e. The summed E-state index contributed by atoms with van der Waals surface area (Å²) in [7, 11) is 0. The highest BCUT2D eigenvalue weighted by molar-refractivity contribution is 6.02. The molecule has 1 aliphatic carbocycles. The summed E-state index contributed by atoms with van der Waals surface area (Å²) < 4.78 is 5.59. The fourth-order valence-corrected chi connectivity index (χ4v) is 4.93. The van der Waals surface area contributed by atoms with Gasteiger partial charge in [-0.25, -0.2) is 4.79 Å². The van der Waals surface area contributed by atoms with Crippen LogP contribution < -0.4 is 10.2 Å². The zero-order valence-electron chi connectivity index (χ0n) is 18.4. The highest BCUT2D eigenvalue weighted by Gasteiger charge is 2.34. The van der Waals surface area contributed by atoms with Crippen LogP contribution in [0.3, 0.4) is 0 Å². The summed E-state index contributed by atoms with van der Waals surface area (Å²) in [5, 5.41) is 12.0. The number of rotatable bonds is 5. The summed E-state index contributed by atoms with van der Waals surface area (Å²) in [6.07, 6.45) is 0.198. The monoisotopic (exact) mass is 456 g/mol. The molecule has 1 heterocycles. The summed E-state index contributed by atoms with van der Waals surface area (Å²) >= 11 is 0. The molecule has 7 heteroatoms. The first-order chi connectivity index (χ1) is 16.5. The number of carbonyl (C=O) groups excluding carboxylic acids is 2. The molecule has 172 valence electrons. The molecule has 34 heavy (non-hydrogen) atoms. The zero-order valence-corrected chi connectivity index (χ0v) is 18.4. The normalized spacial score (nSPS) is 16.8. The van der Waals surface area contributed by atoms with Gasteiger partial charge in [0, 0.05) is 11.6 Å². The van der Waals surface area contributed by atoms with Crippen LogP contribution in [0.4, 0.5) is 10.5 Å². The fraction of sp³-hybridized carbons (Fsp3) is 0.222. The van der Waals surface area contributed by atoms with Crippen molar-refractivity contribution in [3.63, 3.8) is 0 Å². The van der Waals surface area contributed by atoms with Gasteiger partial charge in [-0.1, -0.05) is 66.7 Å². The van der Waals surface area contributed by atoms with Gasteiger partial charge in [-0.05, 0) is 46.7 Å². The number of nitrogens with zero attached hydrogens (tertiary/aromatic N) is 1. The van der Waals surface area contributed by atoms with Crippen molar-refractivity contribution < 1.29 is 24.2 Å². The molecule has 0 radical (unpaired) electrons. The van der Waals surface area contributed by atoms with Gasteiger partial charge < -0.3 is 15.2 Å². The van der Waals surface area contributed by atoms with Crippen LogP contribution in [-0.4, -0.2) is 42.3 Å². The predicted molar refractivity (Wildman–Crippen MR) is 127 cm³/mol. The van der Waals surface area contributed by atoms with E-state index in [2.05, 4.69) is 17.4 Å². The quantitative estimate of drug-likeness (QED) is 0.606. The maximum Gasteiger partial charge on any atom is 0.407 e. The van der Waals surface area contributed by atoms with E-state index in [9.17, 15) is 19.5 Å². The molecule has 7 nitrogen and oxygen atoms in total. The summed E-state index contributed by atoms with van der Waals surface area (Å²) in [5.74, 6) is -1.67. The number of carboxylic acid groups (broad SMARTS) is 1. The molecule has 0 aromatic heterocycles. The molecular weight excluding hydrogens is 432 g/mol. The Balaban J connectivity index is 1.30. The number of alkyl carbamates (subject to hydrolysis) is 1. The lowest BCUT2D eigenvalue weighted by molar-refractivity contribution is -0.136. The van der Waals surface area contributed by atoms with E-state index < -0.39 is 30.6 Å². The molecule has 1 aliphatic heterocycles. The number of ether oxygens (including phenoxy) is 1. The Kier molecular flexibility index (Phi) is 5.76. The largest absolute Gasteiger partial charge is 0.480 e. The van der Waals surface area contributed by atoms with Crippen LogP contribution in [-0.2, 0) is 20.7 Å². The number of benzene rings is 3. The Morgan fingerprint density at radius 1 is 0.941 bits per heavy atom. The molecule has 2 aliphatic rings. The lowest BCUT2D eigenvalue weighted by Gasteiger charge is -2.24.